The molecule has 2 aromatic rings. The third kappa shape index (κ3) is 2.69. The van der Waals surface area contributed by atoms with Crippen molar-refractivity contribution in [1.82, 2.24) is 4.98 Å². The van der Waals surface area contributed by atoms with E-state index in [0.717, 1.165) is 6.07 Å². The molecule has 0 aliphatic rings. The van der Waals surface area contributed by atoms with E-state index >= 15 is 0 Å². The van der Waals surface area contributed by atoms with Crippen LogP contribution in [0.2, 0.25) is 0 Å². The molecule has 11 heteroatoms. The smallest absolute Gasteiger partial charge is 0.268 e. The van der Waals surface area contributed by atoms with Gasteiger partial charge in [-0.05, 0) is 12.1 Å². The Morgan fingerprint density at radius 3 is 1.56 bits per heavy atom. The highest BCUT2D eigenvalue weighted by molar-refractivity contribution is 6.24. The highest BCUT2D eigenvalue weighted by atomic mass is 16.2. The standard InChI is InChI=1S/C14H12N6O5/c15-10(21)3-1-2-4-6(5(3)11(16)22)7(12(17)23)8(13(18)24)9(20-4)14(19)25/h1-2H,(H2,15,21)(H2,16,22)(H2,17,23)(H2,18,24)(H2,19,25). The van der Waals surface area contributed by atoms with Crippen LogP contribution in [0.5, 0.6) is 0 Å². The zero-order valence-corrected chi connectivity index (χ0v) is 12.5. The molecular weight excluding hydrogens is 332 g/mol. The van der Waals surface area contributed by atoms with Gasteiger partial charge in [0.05, 0.1) is 27.8 Å². The van der Waals surface area contributed by atoms with Crippen LogP contribution in [0.25, 0.3) is 10.9 Å². The van der Waals surface area contributed by atoms with Gasteiger partial charge in [-0.3, -0.25) is 24.0 Å². The van der Waals surface area contributed by atoms with Crippen molar-refractivity contribution in [2.75, 3.05) is 0 Å². The Labute approximate surface area is 139 Å². The van der Waals surface area contributed by atoms with Crippen molar-refractivity contribution in [3.05, 3.63) is 40.1 Å². The van der Waals surface area contributed by atoms with Crippen LogP contribution >= 0.6 is 0 Å². The maximum Gasteiger partial charge on any atom is 0.268 e. The first-order valence-electron chi connectivity index (χ1n) is 6.57. The first-order chi connectivity index (χ1) is 11.6. The Hall–Kier alpha value is -4.02. The number of pyridine rings is 1. The maximum atomic E-state index is 11.9. The van der Waals surface area contributed by atoms with Gasteiger partial charge in [0.15, 0.2) is 0 Å². The summed E-state index contributed by atoms with van der Waals surface area (Å²) in [4.78, 5) is 62.5. The largest absolute Gasteiger partial charge is 0.366 e. The summed E-state index contributed by atoms with van der Waals surface area (Å²) in [5.74, 6) is -5.76. The monoisotopic (exact) mass is 344 g/mol. The number of benzene rings is 1. The van der Waals surface area contributed by atoms with Crippen molar-refractivity contribution in [3.63, 3.8) is 0 Å². The molecular formula is C14H12N6O5. The number of amides is 5. The fourth-order valence-electron chi connectivity index (χ4n) is 2.48. The van der Waals surface area contributed by atoms with Crippen LogP contribution in [0.3, 0.4) is 0 Å². The summed E-state index contributed by atoms with van der Waals surface area (Å²) in [5.41, 5.74) is 23.3. The molecule has 0 fully saturated rings. The fraction of sp³-hybridized carbons (Fsp3) is 0. The lowest BCUT2D eigenvalue weighted by molar-refractivity contribution is 0.0952. The Morgan fingerprint density at radius 1 is 0.640 bits per heavy atom. The Bertz CT molecular complexity index is 997. The van der Waals surface area contributed by atoms with Gasteiger partial charge < -0.3 is 28.7 Å². The van der Waals surface area contributed by atoms with Crippen molar-refractivity contribution in [3.8, 4) is 0 Å². The quantitative estimate of drug-likeness (QED) is 0.401. The first-order valence-corrected chi connectivity index (χ1v) is 6.57. The highest BCUT2D eigenvalue weighted by Crippen LogP contribution is 2.28. The highest BCUT2D eigenvalue weighted by Gasteiger charge is 2.29. The molecule has 128 valence electrons. The van der Waals surface area contributed by atoms with Crippen LogP contribution in [0.1, 0.15) is 51.9 Å². The molecule has 1 aromatic carbocycles. The van der Waals surface area contributed by atoms with E-state index in [2.05, 4.69) is 4.98 Å². The van der Waals surface area contributed by atoms with Crippen molar-refractivity contribution < 1.29 is 24.0 Å². The minimum absolute atomic E-state index is 0.133. The molecule has 11 nitrogen and oxygen atoms in total. The van der Waals surface area contributed by atoms with Crippen molar-refractivity contribution in [1.29, 1.82) is 0 Å². The predicted molar refractivity (Wildman–Crippen MR) is 84.3 cm³/mol. The van der Waals surface area contributed by atoms with Gasteiger partial charge in [-0.1, -0.05) is 0 Å². The van der Waals surface area contributed by atoms with Gasteiger partial charge in [0.2, 0.25) is 17.7 Å². The molecule has 25 heavy (non-hydrogen) atoms. The number of hydrogen-bond donors (Lipinski definition) is 5. The summed E-state index contributed by atoms with van der Waals surface area (Å²) in [6.45, 7) is 0. The molecule has 0 atom stereocenters. The van der Waals surface area contributed by atoms with Gasteiger partial charge in [-0.2, -0.15) is 0 Å². The second-order valence-corrected chi connectivity index (χ2v) is 4.91. The Kier molecular flexibility index (Phi) is 4.08. The van der Waals surface area contributed by atoms with Gasteiger partial charge in [0.25, 0.3) is 11.8 Å². The maximum absolute atomic E-state index is 11.9. The van der Waals surface area contributed by atoms with Gasteiger partial charge in [0, 0.05) is 5.39 Å². The van der Waals surface area contributed by atoms with Crippen molar-refractivity contribution >= 4 is 40.4 Å². The van der Waals surface area contributed by atoms with Crippen LogP contribution in [0, 0.1) is 0 Å². The number of nitrogens with zero attached hydrogens (tertiary/aromatic N) is 1. The molecule has 0 aliphatic heterocycles. The van der Waals surface area contributed by atoms with Gasteiger partial charge in [0.1, 0.15) is 5.69 Å². The fourth-order valence-corrected chi connectivity index (χ4v) is 2.48. The van der Waals surface area contributed by atoms with E-state index in [1.165, 1.54) is 6.07 Å². The first kappa shape index (κ1) is 17.3. The number of fused-ring (bicyclic) bond motifs is 1. The third-order valence-electron chi connectivity index (χ3n) is 3.39. The Morgan fingerprint density at radius 2 is 1.16 bits per heavy atom. The molecule has 0 spiro atoms. The topological polar surface area (TPSA) is 228 Å². The van der Waals surface area contributed by atoms with E-state index in [9.17, 15) is 24.0 Å². The molecule has 0 radical (unpaired) electrons. The van der Waals surface area contributed by atoms with Crippen molar-refractivity contribution in [2.24, 2.45) is 28.7 Å². The van der Waals surface area contributed by atoms with Crippen LogP contribution in [0.15, 0.2) is 12.1 Å². The summed E-state index contributed by atoms with van der Waals surface area (Å²) < 4.78 is 0. The van der Waals surface area contributed by atoms with Gasteiger partial charge in [-0.25, -0.2) is 4.98 Å². The third-order valence-corrected chi connectivity index (χ3v) is 3.39. The second kappa shape index (κ2) is 5.88. The van der Waals surface area contributed by atoms with Gasteiger partial charge in [-0.15, -0.1) is 0 Å². The van der Waals surface area contributed by atoms with E-state index in [4.69, 9.17) is 28.7 Å². The molecule has 1 heterocycles. The molecule has 10 N–H and O–H groups in total. The van der Waals surface area contributed by atoms with E-state index in [1.807, 2.05) is 0 Å². The predicted octanol–water partition coefficient (Wildman–Crippen LogP) is -2.27. The average Bonchev–Trinajstić information content (AvgIpc) is 2.50. The normalized spacial score (nSPS) is 10.4. The number of aromatic nitrogens is 1. The van der Waals surface area contributed by atoms with Gasteiger partial charge >= 0.3 is 0 Å². The van der Waals surface area contributed by atoms with E-state index in [1.54, 1.807) is 0 Å². The van der Waals surface area contributed by atoms with E-state index in [0.29, 0.717) is 0 Å². The number of carbonyl (C=O) groups excluding carboxylic acids is 5. The van der Waals surface area contributed by atoms with Crippen molar-refractivity contribution in [2.45, 2.75) is 0 Å². The summed E-state index contributed by atoms with van der Waals surface area (Å²) in [6.07, 6.45) is 0. The van der Waals surface area contributed by atoms with E-state index in [-0.39, 0.29) is 16.5 Å². The molecule has 0 unspecified atom stereocenters. The lowest BCUT2D eigenvalue weighted by atomic mass is 9.92. The molecule has 2 rings (SSSR count). The average molecular weight is 344 g/mol. The number of primary amides is 5. The number of carbonyl (C=O) groups is 5. The summed E-state index contributed by atoms with van der Waals surface area (Å²) >= 11 is 0. The number of nitrogens with two attached hydrogens (primary N) is 5. The zero-order valence-electron chi connectivity index (χ0n) is 12.5. The summed E-state index contributed by atoms with van der Waals surface area (Å²) in [5, 5.41) is -0.324. The molecule has 0 saturated carbocycles. The molecule has 0 saturated heterocycles. The zero-order chi connectivity index (χ0) is 19.0. The minimum Gasteiger partial charge on any atom is -0.366 e. The number of hydrogen-bond acceptors (Lipinski definition) is 6. The van der Waals surface area contributed by atoms with Crippen LogP contribution in [0.4, 0.5) is 0 Å². The molecule has 0 aliphatic carbocycles. The molecule has 5 amide bonds. The SMILES string of the molecule is NC(=O)c1ccc2nc(C(N)=O)c(C(N)=O)c(C(N)=O)c2c1C(N)=O. The van der Waals surface area contributed by atoms with Crippen LogP contribution < -0.4 is 28.7 Å². The van der Waals surface area contributed by atoms with Crippen LogP contribution in [-0.2, 0) is 0 Å². The number of rotatable bonds is 5. The van der Waals surface area contributed by atoms with E-state index < -0.39 is 51.9 Å². The summed E-state index contributed by atoms with van der Waals surface area (Å²) in [7, 11) is 0. The summed E-state index contributed by atoms with van der Waals surface area (Å²) in [6, 6.07) is 2.31. The lowest BCUT2D eigenvalue weighted by Crippen LogP contribution is -2.29. The molecule has 0 bridgehead atoms. The molecule has 1 aromatic heterocycles. The lowest BCUT2D eigenvalue weighted by Gasteiger charge is -2.15. The second-order valence-electron chi connectivity index (χ2n) is 4.91. The minimum atomic E-state index is -1.24. The van der Waals surface area contributed by atoms with Crippen LogP contribution in [-0.4, -0.2) is 34.5 Å². The Balaban J connectivity index is 3.26.